The van der Waals surface area contributed by atoms with Crippen molar-refractivity contribution in [3.63, 3.8) is 0 Å². The third kappa shape index (κ3) is 7.98. The predicted molar refractivity (Wildman–Crippen MR) is 202 cm³/mol. The minimum atomic E-state index is -1.24. The van der Waals surface area contributed by atoms with Crippen molar-refractivity contribution in [2.24, 2.45) is 0 Å². The number of esters is 2. The van der Waals surface area contributed by atoms with E-state index in [4.69, 9.17) is 14.2 Å². The Morgan fingerprint density at radius 3 is 0.980 bits per heavy atom. The summed E-state index contributed by atoms with van der Waals surface area (Å²) >= 11 is 0. The lowest BCUT2D eigenvalue weighted by atomic mass is 10.3. The van der Waals surface area contributed by atoms with E-state index in [9.17, 15) is 9.59 Å². The van der Waals surface area contributed by atoms with E-state index >= 15 is 0 Å². The van der Waals surface area contributed by atoms with E-state index in [0.717, 1.165) is 31.8 Å². The van der Waals surface area contributed by atoms with Gasteiger partial charge in [-0.1, -0.05) is 147 Å². The molecule has 0 spiro atoms. The number of hydrogen-bond donors (Lipinski definition) is 0. The quantitative estimate of drug-likeness (QED) is 0.0755. The first-order valence-electron chi connectivity index (χ1n) is 16.2. The van der Waals surface area contributed by atoms with E-state index in [1.54, 1.807) is 13.8 Å². The lowest BCUT2D eigenvalue weighted by Crippen LogP contribution is -2.26. The van der Waals surface area contributed by atoms with Gasteiger partial charge in [-0.05, 0) is 61.3 Å². The molecule has 0 aromatic heterocycles. The van der Waals surface area contributed by atoms with Gasteiger partial charge in [0.15, 0.2) is 0 Å². The number of benzene rings is 6. The van der Waals surface area contributed by atoms with Crippen LogP contribution in [0, 0.1) is 0 Å². The van der Waals surface area contributed by atoms with E-state index in [2.05, 4.69) is 48.5 Å². The highest BCUT2D eigenvalue weighted by molar-refractivity contribution is 7.80. The Labute approximate surface area is 290 Å². The molecule has 0 fully saturated rings. The van der Waals surface area contributed by atoms with Crippen molar-refractivity contribution < 1.29 is 23.8 Å². The standard InChI is InChI=1S/C42H36O5P2/c1-3-39(43)46-37-29-17-27-35(41(37)48(31-19-9-5-10-20-31)32-21-11-6-12-22-32)45-36-28-18-30-38(47-40(44)4-2)42(36)49(33-23-13-7-14-24-33)34-25-15-8-16-26-34/h5-30H,3-4H2,1-2H3. The smallest absolute Gasteiger partial charge is 0.310 e. The van der Waals surface area contributed by atoms with Gasteiger partial charge < -0.3 is 14.2 Å². The average molecular weight is 683 g/mol. The lowest BCUT2D eigenvalue weighted by Gasteiger charge is -2.27. The summed E-state index contributed by atoms with van der Waals surface area (Å²) in [7, 11) is -2.48. The zero-order chi connectivity index (χ0) is 34.0. The van der Waals surface area contributed by atoms with Crippen LogP contribution in [0.1, 0.15) is 26.7 Å². The highest BCUT2D eigenvalue weighted by Crippen LogP contribution is 2.45. The Hall–Kier alpha value is -5.08. The Kier molecular flexibility index (Phi) is 11.3. The molecule has 6 aromatic carbocycles. The number of rotatable bonds is 12. The Bertz CT molecular complexity index is 1780. The van der Waals surface area contributed by atoms with Crippen LogP contribution in [0.4, 0.5) is 0 Å². The van der Waals surface area contributed by atoms with Crippen molar-refractivity contribution >= 4 is 59.6 Å². The van der Waals surface area contributed by atoms with Crippen LogP contribution in [0.3, 0.4) is 0 Å². The third-order valence-electron chi connectivity index (χ3n) is 7.67. The van der Waals surface area contributed by atoms with Gasteiger partial charge in [0.1, 0.15) is 23.0 Å². The average Bonchev–Trinajstić information content (AvgIpc) is 3.15. The topological polar surface area (TPSA) is 61.8 Å². The van der Waals surface area contributed by atoms with Crippen LogP contribution >= 0.6 is 15.8 Å². The summed E-state index contributed by atoms with van der Waals surface area (Å²) in [5.41, 5.74) is 0. The van der Waals surface area contributed by atoms with Crippen molar-refractivity contribution in [2.45, 2.75) is 26.7 Å². The van der Waals surface area contributed by atoms with Gasteiger partial charge in [0.25, 0.3) is 0 Å². The first kappa shape index (κ1) is 33.8. The van der Waals surface area contributed by atoms with Gasteiger partial charge in [0, 0.05) is 12.8 Å². The Balaban J connectivity index is 1.60. The molecule has 0 aliphatic carbocycles. The summed E-state index contributed by atoms with van der Waals surface area (Å²) < 4.78 is 19.1. The molecular weight excluding hydrogens is 646 g/mol. The number of carbonyl (C=O) groups excluding carboxylic acids is 2. The van der Waals surface area contributed by atoms with Crippen molar-refractivity contribution in [2.75, 3.05) is 0 Å². The zero-order valence-electron chi connectivity index (χ0n) is 27.4. The van der Waals surface area contributed by atoms with Crippen molar-refractivity contribution in [1.29, 1.82) is 0 Å². The second kappa shape index (κ2) is 16.3. The maximum Gasteiger partial charge on any atom is 0.310 e. The fourth-order valence-corrected chi connectivity index (χ4v) is 10.3. The molecule has 0 radical (unpaired) electrons. The molecule has 7 heteroatoms. The molecule has 6 rings (SSSR count). The summed E-state index contributed by atoms with van der Waals surface area (Å²) in [5.74, 6) is 1.34. The summed E-state index contributed by atoms with van der Waals surface area (Å²) in [6.07, 6.45) is 0.457. The van der Waals surface area contributed by atoms with Gasteiger partial charge >= 0.3 is 11.9 Å². The first-order chi connectivity index (χ1) is 24.1. The Morgan fingerprint density at radius 2 is 0.694 bits per heavy atom. The molecule has 0 atom stereocenters. The van der Waals surface area contributed by atoms with Crippen LogP contribution in [0.5, 0.6) is 23.0 Å². The molecule has 0 heterocycles. The zero-order valence-corrected chi connectivity index (χ0v) is 29.1. The highest BCUT2D eigenvalue weighted by atomic mass is 31.1. The van der Waals surface area contributed by atoms with Crippen molar-refractivity contribution in [1.82, 2.24) is 0 Å². The molecule has 0 aliphatic heterocycles. The fraction of sp³-hybridized carbons (Fsp3) is 0.0952. The van der Waals surface area contributed by atoms with Crippen LogP contribution in [-0.4, -0.2) is 11.9 Å². The van der Waals surface area contributed by atoms with E-state index in [0.29, 0.717) is 23.0 Å². The molecule has 0 saturated heterocycles. The van der Waals surface area contributed by atoms with E-state index in [1.807, 2.05) is 109 Å². The predicted octanol–water partition coefficient (Wildman–Crippen LogP) is 7.63. The van der Waals surface area contributed by atoms with E-state index in [1.165, 1.54) is 0 Å². The van der Waals surface area contributed by atoms with E-state index < -0.39 is 15.8 Å². The third-order valence-corrected chi connectivity index (χ3v) is 12.7. The van der Waals surface area contributed by atoms with Crippen LogP contribution in [0.25, 0.3) is 0 Å². The second-order valence-electron chi connectivity index (χ2n) is 11.0. The molecule has 5 nitrogen and oxygen atoms in total. The molecule has 0 aliphatic rings. The molecule has 0 N–H and O–H groups in total. The molecule has 0 unspecified atom stereocenters. The minimum absolute atomic E-state index is 0.229. The minimum Gasteiger partial charge on any atom is -0.456 e. The fourth-order valence-electron chi connectivity index (χ4n) is 5.41. The second-order valence-corrected chi connectivity index (χ2v) is 15.3. The lowest BCUT2D eigenvalue weighted by molar-refractivity contribution is -0.134. The van der Waals surface area contributed by atoms with Gasteiger partial charge in [-0.25, -0.2) is 0 Å². The molecule has 6 aromatic rings. The maximum atomic E-state index is 12.8. The van der Waals surface area contributed by atoms with Crippen LogP contribution in [0.15, 0.2) is 158 Å². The SMILES string of the molecule is CCC(=O)Oc1cccc(Oc2cccc(OC(=O)CC)c2P(c2ccccc2)c2ccccc2)c1P(c1ccccc1)c1ccccc1. The largest absolute Gasteiger partial charge is 0.456 e. The first-order valence-corrected chi connectivity index (χ1v) is 18.9. The summed E-state index contributed by atoms with van der Waals surface area (Å²) in [4.78, 5) is 25.7. The van der Waals surface area contributed by atoms with Gasteiger partial charge in [0.2, 0.25) is 0 Å². The Morgan fingerprint density at radius 1 is 0.408 bits per heavy atom. The van der Waals surface area contributed by atoms with Crippen LogP contribution in [-0.2, 0) is 9.59 Å². The highest BCUT2D eigenvalue weighted by Gasteiger charge is 2.30. The van der Waals surface area contributed by atoms with Crippen molar-refractivity contribution in [3.8, 4) is 23.0 Å². The molecular formula is C42H36O5P2. The number of hydrogen-bond acceptors (Lipinski definition) is 5. The van der Waals surface area contributed by atoms with Crippen LogP contribution < -0.4 is 46.0 Å². The molecule has 49 heavy (non-hydrogen) atoms. The van der Waals surface area contributed by atoms with Gasteiger partial charge in [-0.2, -0.15) is 0 Å². The molecule has 0 saturated carbocycles. The summed E-state index contributed by atoms with van der Waals surface area (Å²) in [5, 5.41) is 5.88. The summed E-state index contributed by atoms with van der Waals surface area (Å²) in [6.45, 7) is 3.56. The van der Waals surface area contributed by atoms with Gasteiger partial charge in [0.05, 0.1) is 10.6 Å². The van der Waals surface area contributed by atoms with Gasteiger partial charge in [-0.3, -0.25) is 9.59 Å². The molecule has 0 bridgehead atoms. The molecule has 244 valence electrons. The van der Waals surface area contributed by atoms with Crippen LogP contribution in [0.2, 0.25) is 0 Å². The maximum absolute atomic E-state index is 12.8. The number of carbonyl (C=O) groups is 2. The van der Waals surface area contributed by atoms with Gasteiger partial charge in [-0.15, -0.1) is 0 Å². The molecule has 0 amide bonds. The number of ether oxygens (including phenoxy) is 3. The van der Waals surface area contributed by atoms with Crippen molar-refractivity contribution in [3.05, 3.63) is 158 Å². The van der Waals surface area contributed by atoms with E-state index in [-0.39, 0.29) is 24.8 Å². The summed E-state index contributed by atoms with van der Waals surface area (Å²) in [6, 6.07) is 52.1. The normalized spacial score (nSPS) is 10.9. The monoisotopic (exact) mass is 682 g/mol.